The van der Waals surface area contributed by atoms with E-state index in [-0.39, 0.29) is 44.5 Å². The van der Waals surface area contributed by atoms with E-state index in [1.165, 1.54) is 18.2 Å². The lowest BCUT2D eigenvalue weighted by Gasteiger charge is -2.28. The number of esters is 1. The van der Waals surface area contributed by atoms with Crippen molar-refractivity contribution < 1.29 is 49.8 Å². The van der Waals surface area contributed by atoms with Crippen LogP contribution in [0.15, 0.2) is 42.5 Å². The Balaban J connectivity index is 1.99. The van der Waals surface area contributed by atoms with Crippen LogP contribution in [0.5, 0.6) is 11.5 Å². The minimum atomic E-state index is -2.12. The fourth-order valence-corrected chi connectivity index (χ4v) is 4.65. The van der Waals surface area contributed by atoms with Crippen LogP contribution in [0.3, 0.4) is 0 Å². The molecule has 5 rings (SSSR count). The summed E-state index contributed by atoms with van der Waals surface area (Å²) in [5, 5.41) is 59.4. The summed E-state index contributed by atoms with van der Waals surface area (Å²) in [6, 6.07) is 8.44. The number of aromatic hydroxyl groups is 2. The van der Waals surface area contributed by atoms with Crippen molar-refractivity contribution in [1.29, 1.82) is 0 Å². The third-order valence-electron chi connectivity index (χ3n) is 5.97. The van der Waals surface area contributed by atoms with E-state index in [1.807, 2.05) is 0 Å². The van der Waals surface area contributed by atoms with E-state index in [4.69, 9.17) is 4.74 Å². The Bertz CT molecular complexity index is 1420. The molecule has 0 saturated heterocycles. The fourth-order valence-electron chi connectivity index (χ4n) is 4.65. The number of fused-ring (bicyclic) bond motifs is 7. The maximum atomic E-state index is 12.9. The molecule has 3 aromatic carbocycles. The van der Waals surface area contributed by atoms with Crippen molar-refractivity contribution in [3.8, 4) is 22.6 Å². The smallest absolute Gasteiger partial charge is 0.340 e. The van der Waals surface area contributed by atoms with Gasteiger partial charge in [0.2, 0.25) is 0 Å². The van der Waals surface area contributed by atoms with Gasteiger partial charge in [0.25, 0.3) is 0 Å². The summed E-state index contributed by atoms with van der Waals surface area (Å²) in [6.07, 6.45) is -2.12. The molecule has 33 heavy (non-hydrogen) atoms. The number of rotatable bonds is 3. The molecule has 1 unspecified atom stereocenters. The summed E-state index contributed by atoms with van der Waals surface area (Å²) >= 11 is 0. The molecule has 0 bridgehead atoms. The number of aliphatic hydroxyl groups is 2. The van der Waals surface area contributed by atoms with Crippen molar-refractivity contribution in [3.05, 3.63) is 81.4 Å². The van der Waals surface area contributed by atoms with Crippen LogP contribution in [0.2, 0.25) is 0 Å². The Morgan fingerprint density at radius 3 is 2.03 bits per heavy atom. The number of carboxylic acids is 2. The number of ether oxygens (including phenoxy) is 1. The highest BCUT2D eigenvalue weighted by molar-refractivity contribution is 6.05. The molecule has 0 fully saturated rings. The summed E-state index contributed by atoms with van der Waals surface area (Å²) in [5.74, 6) is -4.86. The molecular formula is C23H14O10. The highest BCUT2D eigenvalue weighted by atomic mass is 16.6. The van der Waals surface area contributed by atoms with Gasteiger partial charge < -0.3 is 35.4 Å². The highest BCUT2D eigenvalue weighted by Gasteiger charge is 2.56. The molecule has 1 spiro atoms. The topological polar surface area (TPSA) is 182 Å². The first-order chi connectivity index (χ1) is 15.6. The molecule has 10 heteroatoms. The number of hydrogen-bond donors (Lipinski definition) is 6. The van der Waals surface area contributed by atoms with Gasteiger partial charge >= 0.3 is 17.9 Å². The van der Waals surface area contributed by atoms with Crippen LogP contribution in [-0.4, -0.2) is 48.5 Å². The Morgan fingerprint density at radius 1 is 0.818 bits per heavy atom. The zero-order valence-corrected chi connectivity index (χ0v) is 16.4. The van der Waals surface area contributed by atoms with Crippen molar-refractivity contribution in [2.24, 2.45) is 0 Å². The van der Waals surface area contributed by atoms with Gasteiger partial charge in [-0.3, -0.25) is 0 Å². The van der Waals surface area contributed by atoms with Crippen LogP contribution in [0, 0.1) is 0 Å². The van der Waals surface area contributed by atoms with Crippen LogP contribution in [-0.2, 0) is 10.3 Å². The van der Waals surface area contributed by atoms with Gasteiger partial charge in [0.15, 0.2) is 11.9 Å². The molecule has 1 aliphatic heterocycles. The first-order valence-corrected chi connectivity index (χ1v) is 9.52. The largest absolute Gasteiger partial charge is 0.507 e. The highest BCUT2D eigenvalue weighted by Crippen LogP contribution is 2.59. The summed E-state index contributed by atoms with van der Waals surface area (Å²) < 4.78 is 5.75. The first kappa shape index (κ1) is 20.5. The molecule has 1 aliphatic carbocycles. The maximum absolute atomic E-state index is 12.9. The van der Waals surface area contributed by atoms with Gasteiger partial charge in [-0.05, 0) is 47.5 Å². The Kier molecular flexibility index (Phi) is 4.06. The normalized spacial score (nSPS) is 17.6. The van der Waals surface area contributed by atoms with Crippen molar-refractivity contribution in [3.63, 3.8) is 0 Å². The van der Waals surface area contributed by atoms with Gasteiger partial charge in [-0.15, -0.1) is 0 Å². The predicted molar refractivity (Wildman–Crippen MR) is 108 cm³/mol. The Morgan fingerprint density at radius 2 is 1.42 bits per heavy atom. The average molecular weight is 450 g/mol. The van der Waals surface area contributed by atoms with Gasteiger partial charge in [0.1, 0.15) is 17.1 Å². The van der Waals surface area contributed by atoms with Crippen molar-refractivity contribution in [2.45, 2.75) is 11.9 Å². The van der Waals surface area contributed by atoms with Crippen molar-refractivity contribution in [1.82, 2.24) is 0 Å². The molecule has 2 aliphatic rings. The molecule has 0 saturated carbocycles. The molecule has 0 amide bonds. The van der Waals surface area contributed by atoms with E-state index in [1.54, 1.807) is 0 Å². The van der Waals surface area contributed by atoms with Gasteiger partial charge in [-0.25, -0.2) is 14.4 Å². The van der Waals surface area contributed by atoms with E-state index in [9.17, 15) is 45.0 Å². The second-order valence-electron chi connectivity index (χ2n) is 7.65. The molecule has 166 valence electrons. The molecule has 3 aromatic rings. The number of phenolic OH excluding ortho intramolecular Hbond substituents is 1. The summed E-state index contributed by atoms with van der Waals surface area (Å²) in [7, 11) is 0. The van der Waals surface area contributed by atoms with E-state index < -0.39 is 46.9 Å². The van der Waals surface area contributed by atoms with Crippen LogP contribution in [0.25, 0.3) is 11.1 Å². The maximum Gasteiger partial charge on any atom is 0.340 e. The number of carbonyl (C=O) groups is 3. The number of aromatic carboxylic acids is 2. The molecule has 1 atom stereocenters. The van der Waals surface area contributed by atoms with E-state index in [2.05, 4.69) is 0 Å². The second-order valence-corrected chi connectivity index (χ2v) is 7.65. The predicted octanol–water partition coefficient (Wildman–Crippen LogP) is 1.92. The lowest BCUT2D eigenvalue weighted by molar-refractivity contribution is -0.0440. The third-order valence-corrected chi connectivity index (χ3v) is 5.97. The third kappa shape index (κ3) is 2.52. The number of phenols is 2. The zero-order valence-electron chi connectivity index (χ0n) is 16.4. The minimum Gasteiger partial charge on any atom is -0.507 e. The standard InChI is InChI=1S/C23H14O10/c24-16-6-10-11-7-17(25)13(21(30)31)5-15(11)23(14(10)4-12(16)20(28)29)18-8(19(26)27)2-1-3-9(18)22(32)33-23/h1-7,20,24-25,28-29H,(H,26,27)(H,30,31). The zero-order chi connectivity index (χ0) is 23.8. The molecule has 0 radical (unpaired) electrons. The summed E-state index contributed by atoms with van der Waals surface area (Å²) in [5.41, 5.74) is -2.82. The van der Waals surface area contributed by atoms with E-state index >= 15 is 0 Å². The van der Waals surface area contributed by atoms with Gasteiger partial charge in [0, 0.05) is 22.3 Å². The molecular weight excluding hydrogens is 436 g/mol. The number of aliphatic hydroxyl groups excluding tert-OH is 1. The molecule has 10 nitrogen and oxygen atoms in total. The van der Waals surface area contributed by atoms with E-state index in [0.29, 0.717) is 0 Å². The number of carboxylic acid groups (broad SMARTS) is 2. The lowest BCUT2D eigenvalue weighted by Crippen LogP contribution is -2.29. The Labute approximate surface area is 184 Å². The monoisotopic (exact) mass is 450 g/mol. The average Bonchev–Trinajstić information content (AvgIpc) is 3.18. The molecule has 1 heterocycles. The minimum absolute atomic E-state index is 0.0393. The quantitative estimate of drug-likeness (QED) is 0.255. The van der Waals surface area contributed by atoms with Crippen molar-refractivity contribution in [2.75, 3.05) is 0 Å². The Hall–Kier alpha value is -4.41. The van der Waals surface area contributed by atoms with Crippen molar-refractivity contribution >= 4 is 17.9 Å². The van der Waals surface area contributed by atoms with Crippen LogP contribution in [0.4, 0.5) is 0 Å². The number of benzene rings is 3. The van der Waals surface area contributed by atoms with Crippen LogP contribution >= 0.6 is 0 Å². The second kappa shape index (κ2) is 6.55. The fraction of sp³-hybridized carbons (Fsp3) is 0.0870. The lowest BCUT2D eigenvalue weighted by atomic mass is 9.80. The number of carbonyl (C=O) groups excluding carboxylic acids is 1. The van der Waals surface area contributed by atoms with Gasteiger partial charge in [0.05, 0.1) is 11.1 Å². The van der Waals surface area contributed by atoms with Crippen LogP contribution < -0.4 is 0 Å². The first-order valence-electron chi connectivity index (χ1n) is 9.52. The SMILES string of the molecule is O=C(O)c1cc2c(cc1O)-c1cc(O)c(C(O)O)cc1C21OC(=O)c2cccc(C(=O)O)c21. The van der Waals surface area contributed by atoms with Gasteiger partial charge in [-0.1, -0.05) is 6.07 Å². The van der Waals surface area contributed by atoms with E-state index in [0.717, 1.165) is 24.3 Å². The number of hydrogen-bond acceptors (Lipinski definition) is 8. The molecule has 6 N–H and O–H groups in total. The summed E-state index contributed by atoms with van der Waals surface area (Å²) in [4.78, 5) is 36.6. The van der Waals surface area contributed by atoms with Gasteiger partial charge in [-0.2, -0.15) is 0 Å². The molecule has 0 aromatic heterocycles. The van der Waals surface area contributed by atoms with Crippen LogP contribution in [0.1, 0.15) is 59.6 Å². The summed E-state index contributed by atoms with van der Waals surface area (Å²) in [6.45, 7) is 0.